The Balaban J connectivity index is 1.79. The van der Waals surface area contributed by atoms with Crippen molar-refractivity contribution in [2.45, 2.75) is 82.6 Å². The monoisotopic (exact) mass is 266 g/mol. The van der Waals surface area contributed by atoms with Crippen LogP contribution in [-0.2, 0) is 9.53 Å². The molecule has 0 aromatic heterocycles. The second-order valence-corrected chi connectivity index (χ2v) is 7.08. The molecule has 0 bridgehead atoms. The molecule has 1 spiro atoms. The first-order valence-electron chi connectivity index (χ1n) is 7.68. The highest BCUT2D eigenvalue weighted by Crippen LogP contribution is 2.39. The van der Waals surface area contributed by atoms with Gasteiger partial charge < -0.3 is 9.64 Å². The van der Waals surface area contributed by atoms with Gasteiger partial charge >= 0.3 is 0 Å². The smallest absolute Gasteiger partial charge is 0.244 e. The van der Waals surface area contributed by atoms with Crippen LogP contribution < -0.4 is 5.32 Å². The van der Waals surface area contributed by atoms with Crippen molar-refractivity contribution >= 4 is 5.91 Å². The van der Waals surface area contributed by atoms with Crippen molar-refractivity contribution in [3.05, 3.63) is 0 Å². The van der Waals surface area contributed by atoms with Crippen LogP contribution in [0.15, 0.2) is 0 Å². The largest absolute Gasteiger partial charge is 0.375 e. The van der Waals surface area contributed by atoms with Gasteiger partial charge in [0.05, 0.1) is 17.3 Å². The highest BCUT2D eigenvalue weighted by Gasteiger charge is 2.53. The summed E-state index contributed by atoms with van der Waals surface area (Å²) in [6.07, 6.45) is 6.47. The first-order valence-corrected chi connectivity index (χ1v) is 7.68. The van der Waals surface area contributed by atoms with Crippen LogP contribution >= 0.6 is 0 Å². The Labute approximate surface area is 115 Å². The summed E-state index contributed by atoms with van der Waals surface area (Å²) in [4.78, 5) is 15.0. The lowest BCUT2D eigenvalue weighted by Crippen LogP contribution is -2.50. The fraction of sp³-hybridized carbons (Fsp3) is 0.933. The molecule has 1 saturated carbocycles. The van der Waals surface area contributed by atoms with E-state index in [-0.39, 0.29) is 17.3 Å². The summed E-state index contributed by atoms with van der Waals surface area (Å²) in [5, 5.41) is 3.59. The number of nitrogens with zero attached hydrogens (tertiary/aromatic N) is 1. The van der Waals surface area contributed by atoms with E-state index in [0.29, 0.717) is 11.9 Å². The van der Waals surface area contributed by atoms with Crippen molar-refractivity contribution in [1.29, 1.82) is 0 Å². The predicted octanol–water partition coefficient (Wildman–Crippen LogP) is 2.03. The van der Waals surface area contributed by atoms with Crippen molar-refractivity contribution < 1.29 is 9.53 Å². The summed E-state index contributed by atoms with van der Waals surface area (Å²) in [6, 6.07) is 0.332. The number of hydrogen-bond acceptors (Lipinski definition) is 3. The van der Waals surface area contributed by atoms with E-state index in [1.165, 1.54) is 12.8 Å². The molecule has 2 heterocycles. The van der Waals surface area contributed by atoms with E-state index in [1.807, 2.05) is 0 Å². The van der Waals surface area contributed by atoms with Crippen LogP contribution in [0.5, 0.6) is 0 Å². The van der Waals surface area contributed by atoms with Crippen molar-refractivity contribution in [1.82, 2.24) is 10.2 Å². The normalized spacial score (nSPS) is 37.2. The maximum atomic E-state index is 12.9. The molecule has 2 atom stereocenters. The Morgan fingerprint density at radius 3 is 2.63 bits per heavy atom. The number of nitrogens with one attached hydrogen (secondary N) is 1. The first kappa shape index (κ1) is 13.4. The lowest BCUT2D eigenvalue weighted by molar-refractivity contribution is -0.141. The van der Waals surface area contributed by atoms with E-state index in [0.717, 1.165) is 32.3 Å². The third-order valence-electron chi connectivity index (χ3n) is 5.07. The summed E-state index contributed by atoms with van der Waals surface area (Å²) in [7, 11) is 0. The second-order valence-electron chi connectivity index (χ2n) is 7.08. The zero-order valence-electron chi connectivity index (χ0n) is 12.4. The van der Waals surface area contributed by atoms with E-state index < -0.39 is 0 Å². The van der Waals surface area contributed by atoms with Gasteiger partial charge in [-0.3, -0.25) is 10.1 Å². The Morgan fingerprint density at radius 1 is 1.32 bits per heavy atom. The molecule has 3 rings (SSSR count). The van der Waals surface area contributed by atoms with E-state index >= 15 is 0 Å². The average molecular weight is 266 g/mol. The molecule has 3 aliphatic rings. The van der Waals surface area contributed by atoms with Gasteiger partial charge in [0.1, 0.15) is 0 Å². The van der Waals surface area contributed by atoms with Crippen LogP contribution in [0.3, 0.4) is 0 Å². The van der Waals surface area contributed by atoms with Gasteiger partial charge in [-0.1, -0.05) is 12.8 Å². The molecule has 19 heavy (non-hydrogen) atoms. The molecule has 0 radical (unpaired) electrons. The second kappa shape index (κ2) is 4.45. The van der Waals surface area contributed by atoms with Gasteiger partial charge in [0, 0.05) is 12.6 Å². The highest BCUT2D eigenvalue weighted by molar-refractivity contribution is 5.89. The molecule has 0 aromatic rings. The van der Waals surface area contributed by atoms with Gasteiger partial charge in [0.25, 0.3) is 0 Å². The minimum Gasteiger partial charge on any atom is -0.375 e. The van der Waals surface area contributed by atoms with E-state index in [4.69, 9.17) is 4.74 Å². The zero-order chi connectivity index (χ0) is 13.7. The molecule has 2 unspecified atom stereocenters. The number of carbonyl (C=O) groups excluding carboxylic acids is 1. The molecule has 108 valence electrons. The highest BCUT2D eigenvalue weighted by atomic mass is 16.5. The quantitative estimate of drug-likeness (QED) is 0.789. The first-order chi connectivity index (χ1) is 8.94. The van der Waals surface area contributed by atoms with Crippen LogP contribution in [0.25, 0.3) is 0 Å². The SMILES string of the molecule is CC1NC2(CCCC2)C(=O)N1C1CCOC(C)(C)C1. The van der Waals surface area contributed by atoms with E-state index in [9.17, 15) is 4.79 Å². The number of hydrogen-bond donors (Lipinski definition) is 1. The Morgan fingerprint density at radius 2 is 2.00 bits per heavy atom. The fourth-order valence-electron chi connectivity index (χ4n) is 4.21. The minimum atomic E-state index is -0.234. The standard InChI is InChI=1S/C15H26N2O2/c1-11-16-15(7-4-5-8-15)13(18)17(11)12-6-9-19-14(2,3)10-12/h11-12,16H,4-10H2,1-3H3. The van der Waals surface area contributed by atoms with Gasteiger partial charge in [-0.15, -0.1) is 0 Å². The maximum absolute atomic E-state index is 12.9. The molecule has 1 aliphatic carbocycles. The Hall–Kier alpha value is -0.610. The summed E-state index contributed by atoms with van der Waals surface area (Å²) in [5.41, 5.74) is -0.337. The molecule has 2 aliphatic heterocycles. The van der Waals surface area contributed by atoms with Crippen molar-refractivity contribution in [2.24, 2.45) is 0 Å². The van der Waals surface area contributed by atoms with Crippen molar-refractivity contribution in [3.8, 4) is 0 Å². The average Bonchev–Trinajstić information content (AvgIpc) is 2.85. The summed E-state index contributed by atoms with van der Waals surface area (Å²) >= 11 is 0. The predicted molar refractivity (Wildman–Crippen MR) is 73.7 cm³/mol. The maximum Gasteiger partial charge on any atom is 0.244 e. The van der Waals surface area contributed by atoms with Crippen LogP contribution in [0.2, 0.25) is 0 Å². The third kappa shape index (κ3) is 2.19. The van der Waals surface area contributed by atoms with Crippen molar-refractivity contribution in [2.75, 3.05) is 6.61 Å². The molecule has 2 saturated heterocycles. The Kier molecular flexibility index (Phi) is 3.13. The Bertz CT molecular complexity index is 374. The molecule has 1 N–H and O–H groups in total. The molecule has 3 fully saturated rings. The number of rotatable bonds is 1. The number of carbonyl (C=O) groups is 1. The van der Waals surface area contributed by atoms with Crippen molar-refractivity contribution in [3.63, 3.8) is 0 Å². The van der Waals surface area contributed by atoms with E-state index in [1.54, 1.807) is 0 Å². The van der Waals surface area contributed by atoms with Crippen LogP contribution in [-0.4, -0.2) is 40.8 Å². The molecular weight excluding hydrogens is 240 g/mol. The summed E-state index contributed by atoms with van der Waals surface area (Å²) in [5.74, 6) is 0.347. The fourth-order valence-corrected chi connectivity index (χ4v) is 4.21. The number of amides is 1. The summed E-state index contributed by atoms with van der Waals surface area (Å²) < 4.78 is 5.78. The van der Waals surface area contributed by atoms with Gasteiger partial charge in [-0.2, -0.15) is 0 Å². The van der Waals surface area contributed by atoms with E-state index in [2.05, 4.69) is 31.0 Å². The van der Waals surface area contributed by atoms with Crippen LogP contribution in [0.1, 0.15) is 59.3 Å². The lowest BCUT2D eigenvalue weighted by Gasteiger charge is -2.41. The molecular formula is C15H26N2O2. The van der Waals surface area contributed by atoms with Gasteiger partial charge in [-0.05, 0) is 46.5 Å². The summed E-state index contributed by atoms with van der Waals surface area (Å²) in [6.45, 7) is 7.15. The molecule has 0 aromatic carbocycles. The molecule has 4 nitrogen and oxygen atoms in total. The number of ether oxygens (including phenoxy) is 1. The van der Waals surface area contributed by atoms with Crippen LogP contribution in [0.4, 0.5) is 0 Å². The third-order valence-corrected chi connectivity index (χ3v) is 5.07. The van der Waals surface area contributed by atoms with Gasteiger partial charge in [0.15, 0.2) is 0 Å². The van der Waals surface area contributed by atoms with Gasteiger partial charge in [0.2, 0.25) is 5.91 Å². The molecule has 4 heteroatoms. The van der Waals surface area contributed by atoms with Gasteiger partial charge in [-0.25, -0.2) is 0 Å². The minimum absolute atomic E-state index is 0.103. The topological polar surface area (TPSA) is 41.6 Å². The molecule has 1 amide bonds. The van der Waals surface area contributed by atoms with Crippen LogP contribution in [0, 0.1) is 0 Å². The lowest BCUT2D eigenvalue weighted by atomic mass is 9.91. The zero-order valence-corrected chi connectivity index (χ0v) is 12.4.